The number of ether oxygens (including phenoxy) is 2. The van der Waals surface area contributed by atoms with Crippen molar-refractivity contribution < 1.29 is 14.3 Å². The number of methoxy groups -OCH3 is 1. The SMILES string of the molecule is COCCOc1ccc(NC(=O)CN)c(C)c1.Cl. The maximum Gasteiger partial charge on any atom is 0.238 e. The molecule has 0 unspecified atom stereocenters. The smallest absolute Gasteiger partial charge is 0.238 e. The molecular formula is C12H19ClN2O3. The average Bonchev–Trinajstić information content (AvgIpc) is 2.32. The molecule has 1 rings (SSSR count). The Kier molecular flexibility index (Phi) is 8.11. The third kappa shape index (κ3) is 5.35. The van der Waals surface area contributed by atoms with E-state index >= 15 is 0 Å². The maximum atomic E-state index is 11.1. The number of carbonyl (C=O) groups is 1. The molecule has 1 amide bonds. The van der Waals surface area contributed by atoms with E-state index in [9.17, 15) is 4.79 Å². The molecular weight excluding hydrogens is 256 g/mol. The summed E-state index contributed by atoms with van der Waals surface area (Å²) >= 11 is 0. The fourth-order valence-corrected chi connectivity index (χ4v) is 1.31. The number of hydrogen-bond donors (Lipinski definition) is 2. The van der Waals surface area contributed by atoms with Crippen molar-refractivity contribution in [1.29, 1.82) is 0 Å². The average molecular weight is 275 g/mol. The summed E-state index contributed by atoms with van der Waals surface area (Å²) in [7, 11) is 1.63. The molecule has 0 atom stereocenters. The molecule has 1 aromatic carbocycles. The molecule has 0 radical (unpaired) electrons. The first-order chi connectivity index (χ1) is 8.17. The number of nitrogens with two attached hydrogens (primary N) is 1. The number of anilines is 1. The van der Waals surface area contributed by atoms with Crippen molar-refractivity contribution in [3.63, 3.8) is 0 Å². The lowest BCUT2D eigenvalue weighted by Crippen LogP contribution is -2.22. The second-order valence-corrected chi connectivity index (χ2v) is 3.57. The monoisotopic (exact) mass is 274 g/mol. The Morgan fingerprint density at radius 3 is 2.67 bits per heavy atom. The summed E-state index contributed by atoms with van der Waals surface area (Å²) < 4.78 is 10.3. The molecule has 0 aliphatic carbocycles. The van der Waals surface area contributed by atoms with Crippen LogP contribution in [0.4, 0.5) is 5.69 Å². The normalized spacial score (nSPS) is 9.50. The summed E-state index contributed by atoms with van der Waals surface area (Å²) in [4.78, 5) is 11.1. The Balaban J connectivity index is 0.00000289. The van der Waals surface area contributed by atoms with Gasteiger partial charge in [-0.15, -0.1) is 12.4 Å². The highest BCUT2D eigenvalue weighted by molar-refractivity contribution is 5.92. The van der Waals surface area contributed by atoms with Crippen molar-refractivity contribution in [2.75, 3.05) is 32.2 Å². The minimum Gasteiger partial charge on any atom is -0.491 e. The molecule has 0 aliphatic heterocycles. The molecule has 0 saturated carbocycles. The summed E-state index contributed by atoms with van der Waals surface area (Å²) in [6.45, 7) is 2.93. The minimum atomic E-state index is -0.207. The van der Waals surface area contributed by atoms with Crippen LogP contribution in [0.1, 0.15) is 5.56 Å². The maximum absolute atomic E-state index is 11.1. The van der Waals surface area contributed by atoms with E-state index in [2.05, 4.69) is 5.32 Å². The van der Waals surface area contributed by atoms with Gasteiger partial charge in [0.05, 0.1) is 13.2 Å². The minimum absolute atomic E-state index is 0. The number of rotatable bonds is 6. The summed E-state index contributed by atoms with van der Waals surface area (Å²) in [5.41, 5.74) is 6.91. The lowest BCUT2D eigenvalue weighted by Gasteiger charge is -2.10. The molecule has 3 N–H and O–H groups in total. The van der Waals surface area contributed by atoms with Crippen LogP contribution in [-0.2, 0) is 9.53 Å². The number of benzene rings is 1. The van der Waals surface area contributed by atoms with Gasteiger partial charge in [-0.1, -0.05) is 0 Å². The molecule has 0 heterocycles. The van der Waals surface area contributed by atoms with Crippen LogP contribution >= 0.6 is 12.4 Å². The van der Waals surface area contributed by atoms with Gasteiger partial charge in [-0.3, -0.25) is 4.79 Å². The Hall–Kier alpha value is -1.30. The zero-order valence-electron chi connectivity index (χ0n) is 10.6. The van der Waals surface area contributed by atoms with Crippen LogP contribution in [0.3, 0.4) is 0 Å². The molecule has 5 nitrogen and oxygen atoms in total. The Labute approximate surface area is 113 Å². The second kappa shape index (κ2) is 8.74. The van der Waals surface area contributed by atoms with Crippen LogP contribution in [0, 0.1) is 6.92 Å². The predicted molar refractivity (Wildman–Crippen MR) is 73.5 cm³/mol. The summed E-state index contributed by atoms with van der Waals surface area (Å²) in [5, 5.41) is 2.71. The Bertz CT molecular complexity index is 386. The standard InChI is InChI=1S/C12H18N2O3.ClH/c1-9-7-10(17-6-5-16-2)3-4-11(9)14-12(15)8-13;/h3-4,7H,5-6,8,13H2,1-2H3,(H,14,15);1H. The largest absolute Gasteiger partial charge is 0.491 e. The number of hydrogen-bond acceptors (Lipinski definition) is 4. The van der Waals surface area contributed by atoms with Crippen molar-refractivity contribution in [2.45, 2.75) is 6.92 Å². The molecule has 0 aliphatic rings. The zero-order chi connectivity index (χ0) is 12.7. The van der Waals surface area contributed by atoms with Crippen LogP contribution in [0.25, 0.3) is 0 Å². The first-order valence-electron chi connectivity index (χ1n) is 5.39. The predicted octanol–water partition coefficient (Wildman–Crippen LogP) is 1.34. The van der Waals surface area contributed by atoms with Crippen LogP contribution in [0.15, 0.2) is 18.2 Å². The third-order valence-electron chi connectivity index (χ3n) is 2.21. The van der Waals surface area contributed by atoms with Gasteiger partial charge in [0.25, 0.3) is 0 Å². The van der Waals surface area contributed by atoms with E-state index in [-0.39, 0.29) is 24.9 Å². The van der Waals surface area contributed by atoms with Gasteiger partial charge < -0.3 is 20.5 Å². The highest BCUT2D eigenvalue weighted by atomic mass is 35.5. The van der Waals surface area contributed by atoms with Gasteiger partial charge in [-0.25, -0.2) is 0 Å². The summed E-state index contributed by atoms with van der Waals surface area (Å²) in [6.07, 6.45) is 0. The molecule has 18 heavy (non-hydrogen) atoms. The van der Waals surface area contributed by atoms with Gasteiger partial charge in [0.2, 0.25) is 5.91 Å². The first-order valence-corrected chi connectivity index (χ1v) is 5.39. The number of amides is 1. The molecule has 0 aromatic heterocycles. The molecule has 0 saturated heterocycles. The molecule has 102 valence electrons. The van der Waals surface area contributed by atoms with Crippen molar-refractivity contribution in [2.24, 2.45) is 5.73 Å². The van der Waals surface area contributed by atoms with Crippen molar-refractivity contribution >= 4 is 24.0 Å². The van der Waals surface area contributed by atoms with E-state index in [1.54, 1.807) is 19.2 Å². The number of aryl methyl sites for hydroxylation is 1. The van der Waals surface area contributed by atoms with E-state index < -0.39 is 0 Å². The van der Waals surface area contributed by atoms with Gasteiger partial charge in [-0.2, -0.15) is 0 Å². The fourth-order valence-electron chi connectivity index (χ4n) is 1.31. The van der Waals surface area contributed by atoms with Crippen LogP contribution in [0.5, 0.6) is 5.75 Å². The van der Waals surface area contributed by atoms with E-state index in [4.69, 9.17) is 15.2 Å². The van der Waals surface area contributed by atoms with E-state index in [0.717, 1.165) is 17.0 Å². The molecule has 0 spiro atoms. The number of nitrogens with one attached hydrogen (secondary N) is 1. The van der Waals surface area contributed by atoms with Crippen molar-refractivity contribution in [3.8, 4) is 5.75 Å². The highest BCUT2D eigenvalue weighted by Gasteiger charge is 2.04. The Morgan fingerprint density at radius 2 is 2.11 bits per heavy atom. The summed E-state index contributed by atoms with van der Waals surface area (Å²) in [5.74, 6) is 0.548. The molecule has 1 aromatic rings. The molecule has 0 bridgehead atoms. The van der Waals surface area contributed by atoms with E-state index in [0.29, 0.717) is 13.2 Å². The molecule has 0 fully saturated rings. The van der Waals surface area contributed by atoms with Gasteiger partial charge in [0.1, 0.15) is 12.4 Å². The highest BCUT2D eigenvalue weighted by Crippen LogP contribution is 2.21. The lowest BCUT2D eigenvalue weighted by molar-refractivity contribution is -0.114. The van der Waals surface area contributed by atoms with Crippen molar-refractivity contribution in [3.05, 3.63) is 23.8 Å². The van der Waals surface area contributed by atoms with Crippen molar-refractivity contribution in [1.82, 2.24) is 0 Å². The first kappa shape index (κ1) is 16.7. The van der Waals surface area contributed by atoms with Crippen LogP contribution < -0.4 is 15.8 Å². The lowest BCUT2D eigenvalue weighted by atomic mass is 10.2. The van der Waals surface area contributed by atoms with Gasteiger partial charge in [0, 0.05) is 12.8 Å². The number of carbonyl (C=O) groups excluding carboxylic acids is 1. The third-order valence-corrected chi connectivity index (χ3v) is 2.21. The topological polar surface area (TPSA) is 73.6 Å². The zero-order valence-corrected chi connectivity index (χ0v) is 11.4. The molecule has 6 heteroatoms. The Morgan fingerprint density at radius 1 is 1.39 bits per heavy atom. The van der Waals surface area contributed by atoms with E-state index in [1.165, 1.54) is 0 Å². The summed E-state index contributed by atoms with van der Waals surface area (Å²) in [6, 6.07) is 5.46. The quantitative estimate of drug-likeness (QED) is 0.768. The van der Waals surface area contributed by atoms with Crippen LogP contribution in [0.2, 0.25) is 0 Å². The number of halogens is 1. The van der Waals surface area contributed by atoms with E-state index in [1.807, 2.05) is 13.0 Å². The van der Waals surface area contributed by atoms with Gasteiger partial charge in [-0.05, 0) is 30.7 Å². The second-order valence-electron chi connectivity index (χ2n) is 3.57. The van der Waals surface area contributed by atoms with Gasteiger partial charge in [0.15, 0.2) is 0 Å². The van der Waals surface area contributed by atoms with Crippen LogP contribution in [-0.4, -0.2) is 32.8 Å². The van der Waals surface area contributed by atoms with Gasteiger partial charge >= 0.3 is 0 Å². The fraction of sp³-hybridized carbons (Fsp3) is 0.417.